The van der Waals surface area contributed by atoms with Gasteiger partial charge < -0.3 is 13.6 Å². The second kappa shape index (κ2) is 9.47. The first kappa shape index (κ1) is 20.2. The molecule has 0 aromatic heterocycles. The van der Waals surface area contributed by atoms with Gasteiger partial charge in [-0.3, -0.25) is 0 Å². The molecule has 0 aliphatic carbocycles. The molecule has 0 aliphatic heterocycles. The van der Waals surface area contributed by atoms with Crippen molar-refractivity contribution in [3.8, 4) is 0 Å². The molecule has 0 unspecified atom stereocenters. The standard InChI is InChI=1S/C17H28F2O3Si/c1-13(2)21-23(20,22-14(3)4)11-7-5-6-8-15-9-10-16(18)17(19)12-15/h9-10,12-14,20H,5-8,11H2,1-4H3. The Bertz CT molecular complexity index is 471. The van der Waals surface area contributed by atoms with Crippen LogP contribution in [0.2, 0.25) is 6.04 Å². The van der Waals surface area contributed by atoms with Crippen LogP contribution < -0.4 is 0 Å². The summed E-state index contributed by atoms with van der Waals surface area (Å²) in [5.41, 5.74) is 0.785. The first-order chi connectivity index (χ1) is 10.7. The van der Waals surface area contributed by atoms with Gasteiger partial charge in [-0.05, 0) is 64.7 Å². The van der Waals surface area contributed by atoms with Crippen LogP contribution in [0.3, 0.4) is 0 Å². The fourth-order valence-corrected chi connectivity index (χ4v) is 4.89. The molecule has 1 N–H and O–H groups in total. The van der Waals surface area contributed by atoms with Crippen LogP contribution in [0, 0.1) is 11.6 Å². The second-order valence-electron chi connectivity index (χ2n) is 6.36. The third-order valence-corrected chi connectivity index (χ3v) is 5.95. The average molecular weight is 346 g/mol. The van der Waals surface area contributed by atoms with Gasteiger partial charge in [-0.25, -0.2) is 8.78 Å². The van der Waals surface area contributed by atoms with Crippen molar-refractivity contribution in [3.63, 3.8) is 0 Å². The van der Waals surface area contributed by atoms with E-state index in [0.717, 1.165) is 30.9 Å². The third kappa shape index (κ3) is 8.01. The van der Waals surface area contributed by atoms with Crippen LogP contribution in [0.1, 0.15) is 52.5 Å². The highest BCUT2D eigenvalue weighted by atomic mass is 28.4. The lowest BCUT2D eigenvalue weighted by Gasteiger charge is -2.28. The molecule has 0 radical (unpaired) electrons. The number of unbranched alkanes of at least 4 members (excludes halogenated alkanes) is 2. The molecule has 1 aromatic carbocycles. The fourth-order valence-electron chi connectivity index (χ4n) is 2.43. The third-order valence-electron chi connectivity index (χ3n) is 3.28. The molecule has 0 spiro atoms. The lowest BCUT2D eigenvalue weighted by atomic mass is 10.1. The Kier molecular flexibility index (Phi) is 8.32. The van der Waals surface area contributed by atoms with Crippen molar-refractivity contribution in [1.29, 1.82) is 0 Å². The summed E-state index contributed by atoms with van der Waals surface area (Å²) < 4.78 is 37.2. The normalized spacial score (nSPS) is 12.4. The number of hydrogen-bond acceptors (Lipinski definition) is 3. The Hall–Kier alpha value is -0.823. The summed E-state index contributed by atoms with van der Waals surface area (Å²) in [5, 5.41) is 0. The number of hydrogen-bond donors (Lipinski definition) is 1. The van der Waals surface area contributed by atoms with Crippen LogP contribution in [-0.2, 0) is 15.3 Å². The minimum Gasteiger partial charge on any atom is -0.390 e. The molecule has 23 heavy (non-hydrogen) atoms. The number of halogens is 2. The Morgan fingerprint density at radius 1 is 0.957 bits per heavy atom. The van der Waals surface area contributed by atoms with Gasteiger partial charge in [0, 0.05) is 18.3 Å². The summed E-state index contributed by atoms with van der Waals surface area (Å²) >= 11 is 0. The van der Waals surface area contributed by atoms with Crippen LogP contribution in [-0.4, -0.2) is 25.8 Å². The molecular formula is C17H28F2O3Si. The molecule has 132 valence electrons. The van der Waals surface area contributed by atoms with Gasteiger partial charge >= 0.3 is 8.80 Å². The van der Waals surface area contributed by atoms with Crippen LogP contribution in [0.25, 0.3) is 0 Å². The van der Waals surface area contributed by atoms with E-state index in [0.29, 0.717) is 12.5 Å². The van der Waals surface area contributed by atoms with Gasteiger partial charge in [0.05, 0.1) is 0 Å². The molecule has 1 aromatic rings. The molecule has 0 amide bonds. The molecule has 0 saturated heterocycles. The van der Waals surface area contributed by atoms with E-state index in [-0.39, 0.29) is 12.2 Å². The fraction of sp³-hybridized carbons (Fsp3) is 0.647. The van der Waals surface area contributed by atoms with Gasteiger partial charge in [-0.1, -0.05) is 12.5 Å². The van der Waals surface area contributed by atoms with Gasteiger partial charge in [0.1, 0.15) is 0 Å². The molecule has 0 fully saturated rings. The van der Waals surface area contributed by atoms with Gasteiger partial charge in [-0.15, -0.1) is 0 Å². The maximum atomic E-state index is 13.1. The zero-order valence-electron chi connectivity index (χ0n) is 14.4. The minimum absolute atomic E-state index is 0.0763. The van der Waals surface area contributed by atoms with E-state index in [9.17, 15) is 13.6 Å². The molecule has 0 aliphatic rings. The van der Waals surface area contributed by atoms with Gasteiger partial charge in [0.25, 0.3) is 0 Å². The lowest BCUT2D eigenvalue weighted by molar-refractivity contribution is 0.0472. The van der Waals surface area contributed by atoms with Gasteiger partial charge in [-0.2, -0.15) is 0 Å². The lowest BCUT2D eigenvalue weighted by Crippen LogP contribution is -2.46. The van der Waals surface area contributed by atoms with Crippen molar-refractivity contribution < 1.29 is 22.4 Å². The summed E-state index contributed by atoms with van der Waals surface area (Å²) in [6.07, 6.45) is 3.04. The van der Waals surface area contributed by atoms with E-state index < -0.39 is 20.4 Å². The predicted octanol–water partition coefficient (Wildman–Crippen LogP) is 4.46. The summed E-state index contributed by atoms with van der Waals surface area (Å²) in [7, 11) is -3.13. The topological polar surface area (TPSA) is 38.7 Å². The van der Waals surface area contributed by atoms with Crippen LogP contribution in [0.15, 0.2) is 18.2 Å². The van der Waals surface area contributed by atoms with Crippen molar-refractivity contribution in [1.82, 2.24) is 0 Å². The summed E-state index contributed by atoms with van der Waals surface area (Å²) in [6.45, 7) is 7.52. The Morgan fingerprint density at radius 2 is 1.57 bits per heavy atom. The molecule has 0 atom stereocenters. The maximum Gasteiger partial charge on any atom is 0.498 e. The highest BCUT2D eigenvalue weighted by Gasteiger charge is 2.38. The SMILES string of the molecule is CC(C)O[Si](O)(CCCCCc1ccc(F)c(F)c1)OC(C)C. The Morgan fingerprint density at radius 3 is 2.09 bits per heavy atom. The van der Waals surface area contributed by atoms with Crippen molar-refractivity contribution in [2.24, 2.45) is 0 Å². The largest absolute Gasteiger partial charge is 0.498 e. The molecule has 0 saturated carbocycles. The van der Waals surface area contributed by atoms with E-state index >= 15 is 0 Å². The molecular weight excluding hydrogens is 318 g/mol. The van der Waals surface area contributed by atoms with Crippen molar-refractivity contribution in [3.05, 3.63) is 35.4 Å². The van der Waals surface area contributed by atoms with E-state index in [1.165, 1.54) is 6.07 Å². The first-order valence-electron chi connectivity index (χ1n) is 8.24. The molecule has 0 bridgehead atoms. The summed E-state index contributed by atoms with van der Waals surface area (Å²) in [4.78, 5) is 10.5. The van der Waals surface area contributed by atoms with Crippen molar-refractivity contribution in [2.45, 2.75) is 71.6 Å². The zero-order chi connectivity index (χ0) is 17.5. The van der Waals surface area contributed by atoms with E-state index in [1.54, 1.807) is 6.07 Å². The number of rotatable bonds is 10. The molecule has 1 rings (SSSR count). The van der Waals surface area contributed by atoms with E-state index in [1.807, 2.05) is 27.7 Å². The first-order valence-corrected chi connectivity index (χ1v) is 10.2. The molecule has 6 heteroatoms. The number of aryl methyl sites for hydroxylation is 1. The average Bonchev–Trinajstić information content (AvgIpc) is 2.40. The second-order valence-corrected chi connectivity index (χ2v) is 8.75. The zero-order valence-corrected chi connectivity index (χ0v) is 15.4. The van der Waals surface area contributed by atoms with Crippen molar-refractivity contribution >= 4 is 8.80 Å². The van der Waals surface area contributed by atoms with Gasteiger partial charge in [0.2, 0.25) is 0 Å². The highest BCUT2D eigenvalue weighted by Crippen LogP contribution is 2.20. The van der Waals surface area contributed by atoms with Crippen molar-refractivity contribution in [2.75, 3.05) is 0 Å². The van der Waals surface area contributed by atoms with Crippen LogP contribution in [0.4, 0.5) is 8.78 Å². The molecule has 0 heterocycles. The van der Waals surface area contributed by atoms with Crippen LogP contribution >= 0.6 is 0 Å². The summed E-state index contributed by atoms with van der Waals surface area (Å²) in [5.74, 6) is -1.62. The van der Waals surface area contributed by atoms with Gasteiger partial charge in [0.15, 0.2) is 11.6 Å². The summed E-state index contributed by atoms with van der Waals surface area (Å²) in [6, 6.07) is 4.52. The monoisotopic (exact) mass is 346 g/mol. The Labute approximate surface area is 139 Å². The number of benzene rings is 1. The smallest absolute Gasteiger partial charge is 0.390 e. The van der Waals surface area contributed by atoms with E-state index in [2.05, 4.69) is 0 Å². The minimum atomic E-state index is -3.13. The van der Waals surface area contributed by atoms with Crippen LogP contribution in [0.5, 0.6) is 0 Å². The molecule has 3 nitrogen and oxygen atoms in total. The van der Waals surface area contributed by atoms with E-state index in [4.69, 9.17) is 8.85 Å². The Balaban J connectivity index is 2.37. The maximum absolute atomic E-state index is 13.1. The predicted molar refractivity (Wildman–Crippen MR) is 89.1 cm³/mol. The highest BCUT2D eigenvalue weighted by molar-refractivity contribution is 6.59. The quantitative estimate of drug-likeness (QED) is 0.502.